The third-order valence-corrected chi connectivity index (χ3v) is 4.24. The minimum atomic E-state index is 0.326. The lowest BCUT2D eigenvalue weighted by atomic mass is 9.82. The number of rotatable bonds is 1. The van der Waals surface area contributed by atoms with Gasteiger partial charge in [-0.2, -0.15) is 5.26 Å². The molecule has 1 aromatic heterocycles. The first-order valence-corrected chi connectivity index (χ1v) is 6.07. The Labute approximate surface area is 89.4 Å². The van der Waals surface area contributed by atoms with Gasteiger partial charge in [-0.05, 0) is 50.7 Å². The predicted octanol–water partition coefficient (Wildman–Crippen LogP) is 3.85. The number of thiophene rings is 1. The maximum Gasteiger partial charge on any atom is 0.0655 e. The van der Waals surface area contributed by atoms with Crippen LogP contribution < -0.4 is 0 Å². The summed E-state index contributed by atoms with van der Waals surface area (Å²) in [4.78, 5) is 2.93. The van der Waals surface area contributed by atoms with Crippen molar-refractivity contribution in [1.82, 2.24) is 0 Å². The molecule has 1 saturated carbocycles. The number of nitriles is 1. The quantitative estimate of drug-likeness (QED) is 0.683. The summed E-state index contributed by atoms with van der Waals surface area (Å²) in [7, 11) is 0. The largest absolute Gasteiger partial charge is 0.198 e. The fourth-order valence-electron chi connectivity index (χ4n) is 2.18. The number of aryl methyl sites for hydroxylation is 1. The lowest BCUT2D eigenvalue weighted by molar-refractivity contribution is 0.385. The Hall–Kier alpha value is -0.810. The van der Waals surface area contributed by atoms with Crippen LogP contribution in [0.5, 0.6) is 0 Å². The molecule has 0 amide bonds. The highest BCUT2D eigenvalue weighted by molar-refractivity contribution is 7.12. The van der Waals surface area contributed by atoms with Gasteiger partial charge in [0, 0.05) is 15.7 Å². The zero-order chi connectivity index (χ0) is 9.97. The zero-order valence-electron chi connectivity index (χ0n) is 8.49. The van der Waals surface area contributed by atoms with Crippen molar-refractivity contribution in [2.75, 3.05) is 0 Å². The molecule has 0 unspecified atom stereocenters. The molecule has 1 aliphatic rings. The Balaban J connectivity index is 1.99. The molecule has 14 heavy (non-hydrogen) atoms. The van der Waals surface area contributed by atoms with Gasteiger partial charge in [-0.15, -0.1) is 11.3 Å². The summed E-state index contributed by atoms with van der Waals surface area (Å²) in [5.74, 6) is 1.06. The molecule has 1 fully saturated rings. The van der Waals surface area contributed by atoms with Gasteiger partial charge in [0.25, 0.3) is 0 Å². The number of nitrogens with zero attached hydrogens (tertiary/aromatic N) is 1. The second-order valence-corrected chi connectivity index (χ2v) is 5.45. The third kappa shape index (κ3) is 1.99. The third-order valence-electron chi connectivity index (χ3n) is 3.07. The van der Waals surface area contributed by atoms with Crippen LogP contribution >= 0.6 is 11.3 Å². The zero-order valence-corrected chi connectivity index (χ0v) is 9.31. The Kier molecular flexibility index (Phi) is 2.88. The molecule has 1 nitrogen and oxygen atoms in total. The fourth-order valence-corrected chi connectivity index (χ4v) is 3.23. The summed E-state index contributed by atoms with van der Waals surface area (Å²) in [5, 5.41) is 8.80. The Bertz CT molecular complexity index is 339. The van der Waals surface area contributed by atoms with Crippen LogP contribution in [-0.2, 0) is 0 Å². The standard InChI is InChI=1S/C12H15NS/c1-9-2-7-12(14-9)11-5-3-10(8-13)4-6-11/h2,7,10-11H,3-6H2,1H3. The van der Waals surface area contributed by atoms with Gasteiger partial charge in [-0.1, -0.05) is 0 Å². The van der Waals surface area contributed by atoms with Crippen molar-refractivity contribution in [2.24, 2.45) is 5.92 Å². The molecule has 2 heteroatoms. The van der Waals surface area contributed by atoms with Crippen molar-refractivity contribution >= 4 is 11.3 Å². The van der Waals surface area contributed by atoms with E-state index in [1.54, 1.807) is 0 Å². The van der Waals surface area contributed by atoms with Gasteiger partial charge in [0.1, 0.15) is 0 Å². The van der Waals surface area contributed by atoms with Crippen molar-refractivity contribution in [3.63, 3.8) is 0 Å². The summed E-state index contributed by atoms with van der Waals surface area (Å²) in [6, 6.07) is 6.85. The average molecular weight is 205 g/mol. The lowest BCUT2D eigenvalue weighted by Crippen LogP contribution is -2.10. The van der Waals surface area contributed by atoms with Gasteiger partial charge in [0.05, 0.1) is 6.07 Å². The highest BCUT2D eigenvalue weighted by Crippen LogP contribution is 2.38. The van der Waals surface area contributed by atoms with Crippen molar-refractivity contribution in [2.45, 2.75) is 38.5 Å². The SMILES string of the molecule is Cc1ccc(C2CCC(C#N)CC2)s1. The van der Waals surface area contributed by atoms with E-state index >= 15 is 0 Å². The van der Waals surface area contributed by atoms with Crippen LogP contribution in [0.15, 0.2) is 12.1 Å². The van der Waals surface area contributed by atoms with E-state index in [0.29, 0.717) is 5.92 Å². The Morgan fingerprint density at radius 2 is 2.00 bits per heavy atom. The average Bonchev–Trinajstić information content (AvgIpc) is 2.65. The van der Waals surface area contributed by atoms with Gasteiger partial charge in [0.2, 0.25) is 0 Å². The highest BCUT2D eigenvalue weighted by atomic mass is 32.1. The lowest BCUT2D eigenvalue weighted by Gasteiger charge is -2.23. The molecule has 0 bridgehead atoms. The van der Waals surface area contributed by atoms with E-state index in [1.165, 1.54) is 22.6 Å². The molecule has 1 aliphatic carbocycles. The summed E-state index contributed by atoms with van der Waals surface area (Å²) < 4.78 is 0. The van der Waals surface area contributed by atoms with Crippen LogP contribution in [0.4, 0.5) is 0 Å². The van der Waals surface area contributed by atoms with Gasteiger partial charge >= 0.3 is 0 Å². The first kappa shape index (κ1) is 9.73. The molecule has 74 valence electrons. The summed E-state index contributed by atoms with van der Waals surface area (Å²) >= 11 is 1.92. The van der Waals surface area contributed by atoms with Gasteiger partial charge in [-0.25, -0.2) is 0 Å². The number of hydrogen-bond acceptors (Lipinski definition) is 2. The van der Waals surface area contributed by atoms with Crippen molar-refractivity contribution in [3.8, 4) is 6.07 Å². The summed E-state index contributed by atoms with van der Waals surface area (Å²) in [5.41, 5.74) is 0. The highest BCUT2D eigenvalue weighted by Gasteiger charge is 2.22. The van der Waals surface area contributed by atoms with Crippen LogP contribution in [0.2, 0.25) is 0 Å². The predicted molar refractivity (Wildman–Crippen MR) is 59.4 cm³/mol. The van der Waals surface area contributed by atoms with Gasteiger partial charge < -0.3 is 0 Å². The van der Waals surface area contributed by atoms with E-state index in [4.69, 9.17) is 5.26 Å². The van der Waals surface area contributed by atoms with E-state index < -0.39 is 0 Å². The fraction of sp³-hybridized carbons (Fsp3) is 0.583. The van der Waals surface area contributed by atoms with Crippen LogP contribution in [0, 0.1) is 24.2 Å². The van der Waals surface area contributed by atoms with E-state index in [-0.39, 0.29) is 0 Å². The van der Waals surface area contributed by atoms with Crippen LogP contribution in [0.3, 0.4) is 0 Å². The molecule has 0 spiro atoms. The second-order valence-electron chi connectivity index (χ2n) is 4.13. The maximum absolute atomic E-state index is 8.80. The second kappa shape index (κ2) is 4.14. The molecule has 0 aliphatic heterocycles. The molecule has 0 saturated heterocycles. The Morgan fingerprint density at radius 1 is 1.29 bits per heavy atom. The molecule has 1 aromatic rings. The van der Waals surface area contributed by atoms with Crippen molar-refractivity contribution in [1.29, 1.82) is 5.26 Å². The number of hydrogen-bond donors (Lipinski definition) is 0. The Morgan fingerprint density at radius 3 is 2.50 bits per heavy atom. The van der Waals surface area contributed by atoms with Crippen LogP contribution in [0.1, 0.15) is 41.4 Å². The van der Waals surface area contributed by atoms with Gasteiger partial charge in [0.15, 0.2) is 0 Å². The maximum atomic E-state index is 8.80. The van der Waals surface area contributed by atoms with E-state index in [1.807, 2.05) is 11.3 Å². The van der Waals surface area contributed by atoms with Gasteiger partial charge in [-0.3, -0.25) is 0 Å². The van der Waals surface area contributed by atoms with Crippen LogP contribution in [-0.4, -0.2) is 0 Å². The molecule has 0 atom stereocenters. The monoisotopic (exact) mass is 205 g/mol. The van der Waals surface area contributed by atoms with Crippen molar-refractivity contribution in [3.05, 3.63) is 21.9 Å². The van der Waals surface area contributed by atoms with E-state index in [2.05, 4.69) is 25.1 Å². The molecule has 0 aromatic carbocycles. The smallest absolute Gasteiger partial charge is 0.0655 e. The minimum absolute atomic E-state index is 0.326. The summed E-state index contributed by atoms with van der Waals surface area (Å²) in [6.45, 7) is 2.16. The first-order valence-electron chi connectivity index (χ1n) is 5.25. The molecule has 0 radical (unpaired) electrons. The van der Waals surface area contributed by atoms with E-state index in [9.17, 15) is 0 Å². The minimum Gasteiger partial charge on any atom is -0.198 e. The molecular formula is C12H15NS. The first-order chi connectivity index (χ1) is 6.79. The van der Waals surface area contributed by atoms with Crippen molar-refractivity contribution < 1.29 is 0 Å². The molecule has 2 rings (SSSR count). The normalized spacial score (nSPS) is 27.1. The topological polar surface area (TPSA) is 23.8 Å². The van der Waals surface area contributed by atoms with E-state index in [0.717, 1.165) is 18.8 Å². The van der Waals surface area contributed by atoms with Crippen LogP contribution in [0.25, 0.3) is 0 Å². The molecular weight excluding hydrogens is 190 g/mol. The summed E-state index contributed by atoms with van der Waals surface area (Å²) in [6.07, 6.45) is 4.60. The molecule has 1 heterocycles. The molecule has 0 N–H and O–H groups in total.